The zero-order valence-electron chi connectivity index (χ0n) is 9.61. The minimum absolute atomic E-state index is 0.0227. The number of aliphatic hydroxyl groups excluding tert-OH is 1. The first kappa shape index (κ1) is 13.9. The van der Waals surface area contributed by atoms with E-state index >= 15 is 0 Å². The van der Waals surface area contributed by atoms with Gasteiger partial charge in [-0.2, -0.15) is 0 Å². The third kappa shape index (κ3) is 4.70. The molecule has 1 aromatic rings. The van der Waals surface area contributed by atoms with Gasteiger partial charge in [-0.05, 0) is 43.5 Å². The van der Waals surface area contributed by atoms with E-state index in [2.05, 4.69) is 4.72 Å². The Balaban J connectivity index is 2.69. The second kappa shape index (κ2) is 5.97. The molecule has 1 rings (SSSR count). The van der Waals surface area contributed by atoms with E-state index in [1.807, 2.05) is 0 Å². The van der Waals surface area contributed by atoms with Gasteiger partial charge in [-0.25, -0.2) is 12.8 Å². The van der Waals surface area contributed by atoms with Gasteiger partial charge >= 0.3 is 0 Å². The smallest absolute Gasteiger partial charge is 0.232 e. The Labute approximate surface area is 101 Å². The number of anilines is 1. The molecule has 0 unspecified atom stereocenters. The van der Waals surface area contributed by atoms with E-state index in [4.69, 9.17) is 5.11 Å². The maximum Gasteiger partial charge on any atom is 0.232 e. The van der Waals surface area contributed by atoms with Crippen molar-refractivity contribution in [3.8, 4) is 0 Å². The van der Waals surface area contributed by atoms with Crippen molar-refractivity contribution < 1.29 is 17.9 Å². The molecule has 1 aromatic carbocycles. The predicted octanol–water partition coefficient (Wildman–Crippen LogP) is 1.65. The van der Waals surface area contributed by atoms with Crippen molar-refractivity contribution in [2.75, 3.05) is 17.1 Å². The molecule has 17 heavy (non-hydrogen) atoms. The number of rotatable bonds is 6. The Morgan fingerprint density at radius 2 is 2.06 bits per heavy atom. The molecule has 0 bridgehead atoms. The molecule has 0 atom stereocenters. The number of sulfonamides is 1. The average molecular weight is 261 g/mol. The number of hydrogen-bond acceptors (Lipinski definition) is 3. The van der Waals surface area contributed by atoms with Gasteiger partial charge in [0.15, 0.2) is 0 Å². The molecule has 0 spiro atoms. The summed E-state index contributed by atoms with van der Waals surface area (Å²) in [4.78, 5) is 0. The lowest BCUT2D eigenvalue weighted by atomic mass is 10.2. The molecular formula is C11H16FNO3S. The summed E-state index contributed by atoms with van der Waals surface area (Å²) in [5.41, 5.74) is 0.922. The van der Waals surface area contributed by atoms with Gasteiger partial charge < -0.3 is 5.11 Å². The van der Waals surface area contributed by atoms with Crippen molar-refractivity contribution in [2.24, 2.45) is 0 Å². The normalized spacial score (nSPS) is 11.5. The molecule has 0 saturated carbocycles. The third-order valence-electron chi connectivity index (χ3n) is 2.28. The van der Waals surface area contributed by atoms with Crippen LogP contribution in [0.5, 0.6) is 0 Å². The van der Waals surface area contributed by atoms with E-state index in [1.54, 1.807) is 6.92 Å². The lowest BCUT2D eigenvalue weighted by Crippen LogP contribution is -2.17. The number of aryl methyl sites for hydroxylation is 1. The number of hydrogen-bond donors (Lipinski definition) is 2. The molecule has 0 aliphatic rings. The average Bonchev–Trinajstić information content (AvgIpc) is 2.22. The van der Waals surface area contributed by atoms with Crippen LogP contribution in [0.2, 0.25) is 0 Å². The molecule has 0 aliphatic carbocycles. The zero-order valence-corrected chi connectivity index (χ0v) is 10.4. The van der Waals surface area contributed by atoms with E-state index in [-0.39, 0.29) is 12.4 Å². The van der Waals surface area contributed by atoms with E-state index in [9.17, 15) is 12.8 Å². The van der Waals surface area contributed by atoms with Crippen LogP contribution in [0, 0.1) is 12.7 Å². The Bertz CT molecular complexity index is 474. The lowest BCUT2D eigenvalue weighted by molar-refractivity contribution is 0.287. The summed E-state index contributed by atoms with van der Waals surface area (Å²) in [7, 11) is -3.43. The van der Waals surface area contributed by atoms with Gasteiger partial charge in [0.2, 0.25) is 10.0 Å². The van der Waals surface area contributed by atoms with Crippen LogP contribution < -0.4 is 4.72 Å². The van der Waals surface area contributed by atoms with Crippen molar-refractivity contribution in [3.05, 3.63) is 29.6 Å². The van der Waals surface area contributed by atoms with Gasteiger partial charge in [0.25, 0.3) is 0 Å². The highest BCUT2D eigenvalue weighted by Crippen LogP contribution is 2.17. The maximum atomic E-state index is 12.8. The van der Waals surface area contributed by atoms with Gasteiger partial charge in [-0.3, -0.25) is 4.72 Å². The minimum Gasteiger partial charge on any atom is -0.396 e. The highest BCUT2D eigenvalue weighted by atomic mass is 32.2. The monoisotopic (exact) mass is 261 g/mol. The quantitative estimate of drug-likeness (QED) is 0.765. The summed E-state index contributed by atoms with van der Waals surface area (Å²) in [6.07, 6.45) is 0.843. The van der Waals surface area contributed by atoms with Crippen molar-refractivity contribution in [1.29, 1.82) is 0 Å². The van der Waals surface area contributed by atoms with E-state index in [0.717, 1.165) is 0 Å². The minimum atomic E-state index is -3.43. The summed E-state index contributed by atoms with van der Waals surface area (Å²) >= 11 is 0. The largest absolute Gasteiger partial charge is 0.396 e. The molecule has 96 valence electrons. The van der Waals surface area contributed by atoms with Crippen LogP contribution in [0.1, 0.15) is 18.4 Å². The zero-order chi connectivity index (χ0) is 12.9. The Morgan fingerprint density at radius 1 is 1.35 bits per heavy atom. The summed E-state index contributed by atoms with van der Waals surface area (Å²) in [5, 5.41) is 8.57. The first-order valence-corrected chi connectivity index (χ1v) is 6.97. The third-order valence-corrected chi connectivity index (χ3v) is 3.63. The first-order chi connectivity index (χ1) is 7.94. The van der Waals surface area contributed by atoms with Crippen molar-refractivity contribution in [3.63, 3.8) is 0 Å². The number of unbranched alkanes of at least 4 members (excludes halogenated alkanes) is 1. The summed E-state index contributed by atoms with van der Waals surface area (Å²) in [6.45, 7) is 1.61. The van der Waals surface area contributed by atoms with Crippen LogP contribution in [0.15, 0.2) is 18.2 Å². The van der Waals surface area contributed by atoms with Crippen LogP contribution >= 0.6 is 0 Å². The molecule has 0 saturated heterocycles. The SMILES string of the molecule is Cc1cc(F)ccc1NS(=O)(=O)CCCCO. The van der Waals surface area contributed by atoms with Crippen LogP contribution in [0.25, 0.3) is 0 Å². The molecule has 0 aliphatic heterocycles. The van der Waals surface area contributed by atoms with Crippen LogP contribution in [-0.4, -0.2) is 25.9 Å². The fourth-order valence-corrected chi connectivity index (χ4v) is 2.61. The van der Waals surface area contributed by atoms with Crippen molar-refractivity contribution >= 4 is 15.7 Å². The fraction of sp³-hybridized carbons (Fsp3) is 0.455. The molecule has 0 radical (unpaired) electrons. The van der Waals surface area contributed by atoms with Gasteiger partial charge in [0.05, 0.1) is 11.4 Å². The first-order valence-electron chi connectivity index (χ1n) is 5.32. The molecular weight excluding hydrogens is 245 g/mol. The molecule has 4 nitrogen and oxygen atoms in total. The molecule has 6 heteroatoms. The van der Waals surface area contributed by atoms with Gasteiger partial charge in [-0.15, -0.1) is 0 Å². The Hall–Kier alpha value is -1.14. The predicted molar refractivity (Wildman–Crippen MR) is 64.9 cm³/mol. The van der Waals surface area contributed by atoms with E-state index in [1.165, 1.54) is 18.2 Å². The molecule has 0 aromatic heterocycles. The Morgan fingerprint density at radius 3 is 2.65 bits per heavy atom. The molecule has 2 N–H and O–H groups in total. The number of nitrogens with one attached hydrogen (secondary N) is 1. The maximum absolute atomic E-state index is 12.8. The van der Waals surface area contributed by atoms with Crippen molar-refractivity contribution in [1.82, 2.24) is 0 Å². The van der Waals surface area contributed by atoms with Crippen LogP contribution in [-0.2, 0) is 10.0 Å². The second-order valence-corrected chi connectivity index (χ2v) is 5.65. The topological polar surface area (TPSA) is 66.4 Å². The van der Waals surface area contributed by atoms with Crippen LogP contribution in [0.3, 0.4) is 0 Å². The molecule has 0 heterocycles. The van der Waals surface area contributed by atoms with Crippen molar-refractivity contribution in [2.45, 2.75) is 19.8 Å². The van der Waals surface area contributed by atoms with Gasteiger partial charge in [0, 0.05) is 6.61 Å². The Kier molecular flexibility index (Phi) is 4.89. The fourth-order valence-electron chi connectivity index (χ4n) is 1.36. The van der Waals surface area contributed by atoms with Gasteiger partial charge in [-0.1, -0.05) is 0 Å². The van der Waals surface area contributed by atoms with E-state index in [0.29, 0.717) is 24.1 Å². The molecule has 0 amide bonds. The standard InChI is InChI=1S/C11H16FNO3S/c1-9-8-10(12)4-5-11(9)13-17(15,16)7-3-2-6-14/h4-5,8,13-14H,2-3,6-7H2,1H3. The number of benzene rings is 1. The number of aliphatic hydroxyl groups is 1. The second-order valence-electron chi connectivity index (χ2n) is 3.81. The van der Waals surface area contributed by atoms with Crippen LogP contribution in [0.4, 0.5) is 10.1 Å². The summed E-state index contributed by atoms with van der Waals surface area (Å²) < 4.78 is 38.5. The highest BCUT2D eigenvalue weighted by Gasteiger charge is 2.11. The molecule has 0 fully saturated rings. The lowest BCUT2D eigenvalue weighted by Gasteiger charge is -2.10. The van der Waals surface area contributed by atoms with Gasteiger partial charge in [0.1, 0.15) is 5.82 Å². The summed E-state index contributed by atoms with van der Waals surface area (Å²) in [6, 6.07) is 3.87. The summed E-state index contributed by atoms with van der Waals surface area (Å²) in [5.74, 6) is -0.449. The number of halogens is 1. The van der Waals surface area contributed by atoms with E-state index < -0.39 is 15.8 Å². The highest BCUT2D eigenvalue weighted by molar-refractivity contribution is 7.92.